The van der Waals surface area contributed by atoms with Crippen molar-refractivity contribution < 1.29 is 8.78 Å². The van der Waals surface area contributed by atoms with Crippen molar-refractivity contribution in [3.8, 4) is 0 Å². The third-order valence-electron chi connectivity index (χ3n) is 2.05. The third kappa shape index (κ3) is 1.91. The summed E-state index contributed by atoms with van der Waals surface area (Å²) in [6.45, 7) is 0. The topological polar surface area (TPSA) is 0 Å². The van der Waals surface area contributed by atoms with Crippen LogP contribution in [0.3, 0.4) is 0 Å². The number of alkyl halides is 3. The van der Waals surface area contributed by atoms with E-state index in [2.05, 4.69) is 15.9 Å². The highest BCUT2D eigenvalue weighted by Gasteiger charge is 2.33. The monoisotopic (exact) mass is 212 g/mol. The van der Waals surface area contributed by atoms with E-state index in [1.165, 1.54) is 0 Å². The third-order valence-corrected chi connectivity index (χ3v) is 3.06. The van der Waals surface area contributed by atoms with Gasteiger partial charge in [-0.3, -0.25) is 0 Å². The van der Waals surface area contributed by atoms with Crippen molar-refractivity contribution in [2.24, 2.45) is 0 Å². The number of halogens is 3. The van der Waals surface area contributed by atoms with Gasteiger partial charge in [0, 0.05) is 5.33 Å². The molecular weight excluding hydrogens is 202 g/mol. The Morgan fingerprint density at radius 2 is 1.90 bits per heavy atom. The minimum Gasteiger partial charge on any atom is -0.247 e. The molecule has 0 aromatic heterocycles. The summed E-state index contributed by atoms with van der Waals surface area (Å²) in [7, 11) is 0. The predicted octanol–water partition coefficient (Wildman–Crippen LogP) is 3.00. The van der Waals surface area contributed by atoms with Gasteiger partial charge in [-0.05, 0) is 25.7 Å². The van der Waals surface area contributed by atoms with E-state index >= 15 is 0 Å². The molecule has 1 rings (SSSR count). The summed E-state index contributed by atoms with van der Waals surface area (Å²) in [4.78, 5) is 0. The molecule has 0 N–H and O–H groups in total. The van der Waals surface area contributed by atoms with Crippen LogP contribution >= 0.6 is 15.9 Å². The van der Waals surface area contributed by atoms with Crippen LogP contribution in [0.5, 0.6) is 0 Å². The highest BCUT2D eigenvalue weighted by Crippen LogP contribution is 2.34. The van der Waals surface area contributed by atoms with E-state index in [-0.39, 0.29) is 0 Å². The average molecular weight is 213 g/mol. The van der Waals surface area contributed by atoms with E-state index in [4.69, 9.17) is 0 Å². The van der Waals surface area contributed by atoms with Crippen molar-refractivity contribution in [2.75, 3.05) is 5.33 Å². The second-order valence-electron chi connectivity index (χ2n) is 2.96. The van der Waals surface area contributed by atoms with Crippen LogP contribution in [0.1, 0.15) is 25.7 Å². The Labute approximate surface area is 68.1 Å². The van der Waals surface area contributed by atoms with Gasteiger partial charge in [0.25, 0.3) is 0 Å². The molecule has 10 heavy (non-hydrogen) atoms. The van der Waals surface area contributed by atoms with Crippen LogP contribution < -0.4 is 0 Å². The quantitative estimate of drug-likeness (QED) is 0.587. The fraction of sp³-hybridized carbons (Fsp3) is 1.00. The molecule has 0 spiro atoms. The van der Waals surface area contributed by atoms with Crippen molar-refractivity contribution in [1.82, 2.24) is 0 Å². The number of hydrogen-bond acceptors (Lipinski definition) is 0. The lowest BCUT2D eigenvalue weighted by molar-refractivity contribution is 0.0922. The fourth-order valence-electron chi connectivity index (χ4n) is 1.23. The molecule has 1 fully saturated rings. The van der Waals surface area contributed by atoms with Gasteiger partial charge in [-0.1, -0.05) is 15.9 Å². The summed E-state index contributed by atoms with van der Waals surface area (Å²) in [5, 5.41) is 0.354. The number of rotatable bonds is 1. The van der Waals surface area contributed by atoms with Crippen molar-refractivity contribution >= 4 is 15.9 Å². The summed E-state index contributed by atoms with van der Waals surface area (Å²) in [6, 6.07) is 0. The van der Waals surface area contributed by atoms with Gasteiger partial charge < -0.3 is 0 Å². The van der Waals surface area contributed by atoms with Gasteiger partial charge in [0.1, 0.15) is 11.8 Å². The highest BCUT2D eigenvalue weighted by molar-refractivity contribution is 9.09. The molecule has 1 aliphatic carbocycles. The molecule has 0 aromatic rings. The first-order valence-electron chi connectivity index (χ1n) is 3.55. The number of hydrogen-bond donors (Lipinski definition) is 0. The molecule has 1 aliphatic rings. The molecule has 0 aromatic carbocycles. The molecular formula is C7H11BrF2. The molecule has 0 unspecified atom stereocenters. The Kier molecular flexibility index (Phi) is 2.67. The Morgan fingerprint density at radius 3 is 2.30 bits per heavy atom. The molecule has 0 aliphatic heterocycles. The SMILES string of the molecule is FC1CCC(F)(CBr)CC1. The summed E-state index contributed by atoms with van der Waals surface area (Å²) in [5.74, 6) is 0. The minimum absolute atomic E-state index is 0.354. The molecule has 0 amide bonds. The summed E-state index contributed by atoms with van der Waals surface area (Å²) in [6.07, 6.45) is 0.770. The van der Waals surface area contributed by atoms with Crippen LogP contribution in [0, 0.1) is 0 Å². The largest absolute Gasteiger partial charge is 0.247 e. The Hall–Kier alpha value is 0.340. The van der Waals surface area contributed by atoms with Crippen molar-refractivity contribution in [2.45, 2.75) is 37.5 Å². The van der Waals surface area contributed by atoms with E-state index in [1.807, 2.05) is 0 Å². The molecule has 0 bridgehead atoms. The zero-order valence-electron chi connectivity index (χ0n) is 5.75. The Balaban J connectivity index is 2.38. The lowest BCUT2D eigenvalue weighted by Gasteiger charge is -2.29. The summed E-state index contributed by atoms with van der Waals surface area (Å²) < 4.78 is 25.7. The van der Waals surface area contributed by atoms with Gasteiger partial charge in [0.2, 0.25) is 0 Å². The second kappa shape index (κ2) is 3.16. The van der Waals surface area contributed by atoms with E-state index in [0.717, 1.165) is 0 Å². The molecule has 0 atom stereocenters. The molecule has 0 saturated heterocycles. The standard InChI is InChI=1S/C7H11BrF2/c8-5-7(10)3-1-6(9)2-4-7/h6H,1-5H2. The van der Waals surface area contributed by atoms with E-state index in [0.29, 0.717) is 31.0 Å². The normalized spacial score (nSPS) is 41.7. The van der Waals surface area contributed by atoms with Gasteiger partial charge in [-0.25, -0.2) is 8.78 Å². The maximum absolute atomic E-state index is 13.3. The van der Waals surface area contributed by atoms with E-state index < -0.39 is 11.8 Å². The van der Waals surface area contributed by atoms with E-state index in [1.54, 1.807) is 0 Å². The first kappa shape index (κ1) is 8.44. The molecule has 0 heterocycles. The molecule has 0 nitrogen and oxygen atoms in total. The highest BCUT2D eigenvalue weighted by atomic mass is 79.9. The zero-order valence-corrected chi connectivity index (χ0v) is 7.33. The minimum atomic E-state index is -1.12. The summed E-state index contributed by atoms with van der Waals surface area (Å²) in [5.41, 5.74) is -1.12. The van der Waals surface area contributed by atoms with Gasteiger partial charge in [-0.2, -0.15) is 0 Å². The summed E-state index contributed by atoms with van der Waals surface area (Å²) >= 11 is 3.09. The Bertz CT molecular complexity index is 108. The van der Waals surface area contributed by atoms with Gasteiger partial charge in [0.15, 0.2) is 0 Å². The molecule has 0 radical (unpaired) electrons. The predicted molar refractivity (Wildman–Crippen MR) is 41.0 cm³/mol. The molecule has 3 heteroatoms. The van der Waals surface area contributed by atoms with Crippen LogP contribution in [0.2, 0.25) is 0 Å². The zero-order chi connectivity index (χ0) is 7.61. The van der Waals surface area contributed by atoms with Gasteiger partial charge >= 0.3 is 0 Å². The van der Waals surface area contributed by atoms with E-state index in [9.17, 15) is 8.78 Å². The van der Waals surface area contributed by atoms with Crippen molar-refractivity contribution in [3.05, 3.63) is 0 Å². The van der Waals surface area contributed by atoms with Crippen LogP contribution in [0.15, 0.2) is 0 Å². The van der Waals surface area contributed by atoms with Crippen molar-refractivity contribution in [1.29, 1.82) is 0 Å². The lowest BCUT2D eigenvalue weighted by atomic mass is 9.87. The molecule has 1 saturated carbocycles. The van der Waals surface area contributed by atoms with Crippen LogP contribution in [-0.2, 0) is 0 Å². The molecule has 60 valence electrons. The fourth-order valence-corrected chi connectivity index (χ4v) is 1.79. The Morgan fingerprint density at radius 1 is 1.40 bits per heavy atom. The lowest BCUT2D eigenvalue weighted by Crippen LogP contribution is -2.31. The van der Waals surface area contributed by atoms with Crippen LogP contribution in [0.4, 0.5) is 8.78 Å². The van der Waals surface area contributed by atoms with Gasteiger partial charge in [0.05, 0.1) is 0 Å². The maximum Gasteiger partial charge on any atom is 0.120 e. The van der Waals surface area contributed by atoms with Crippen LogP contribution in [0.25, 0.3) is 0 Å². The smallest absolute Gasteiger partial charge is 0.120 e. The average Bonchev–Trinajstić information content (AvgIpc) is 1.96. The first-order chi connectivity index (χ1) is 4.66. The second-order valence-corrected chi connectivity index (χ2v) is 3.52. The van der Waals surface area contributed by atoms with Crippen LogP contribution in [-0.4, -0.2) is 17.2 Å². The van der Waals surface area contributed by atoms with Gasteiger partial charge in [-0.15, -0.1) is 0 Å². The maximum atomic E-state index is 13.3. The van der Waals surface area contributed by atoms with Crippen molar-refractivity contribution in [3.63, 3.8) is 0 Å². The first-order valence-corrected chi connectivity index (χ1v) is 4.67.